The van der Waals surface area contributed by atoms with Crippen LogP contribution < -0.4 is 0 Å². The predicted molar refractivity (Wildman–Crippen MR) is 60.5 cm³/mol. The summed E-state index contributed by atoms with van der Waals surface area (Å²) in [7, 11) is 1.19. The molecule has 0 radical (unpaired) electrons. The molecule has 0 atom stereocenters. The largest absolute Gasteiger partial charge is 0.465 e. The first-order chi connectivity index (χ1) is 8.93. The molecular weight excluding hydrogens is 261 g/mol. The van der Waals surface area contributed by atoms with E-state index in [9.17, 15) is 18.0 Å². The second-order valence-electron chi connectivity index (χ2n) is 3.73. The minimum Gasteiger partial charge on any atom is -0.465 e. The molecule has 0 unspecified atom stereocenters. The van der Waals surface area contributed by atoms with Gasteiger partial charge in [0, 0.05) is 5.56 Å². The van der Waals surface area contributed by atoms with Gasteiger partial charge in [-0.25, -0.2) is 4.79 Å². The van der Waals surface area contributed by atoms with Crippen LogP contribution in [0.2, 0.25) is 0 Å². The molecule has 1 aromatic heterocycles. The van der Waals surface area contributed by atoms with Crippen LogP contribution in [-0.4, -0.2) is 13.1 Å². The molecule has 0 saturated carbocycles. The molecule has 0 N–H and O–H groups in total. The number of hydrogen-bond donors (Lipinski definition) is 0. The van der Waals surface area contributed by atoms with E-state index in [-0.39, 0.29) is 16.9 Å². The molecule has 3 nitrogen and oxygen atoms in total. The summed E-state index contributed by atoms with van der Waals surface area (Å²) in [5, 5.41) is 0. The van der Waals surface area contributed by atoms with Crippen molar-refractivity contribution in [2.75, 3.05) is 7.11 Å². The summed E-state index contributed by atoms with van der Waals surface area (Å²) >= 11 is 0. The number of furan rings is 1. The summed E-state index contributed by atoms with van der Waals surface area (Å²) in [5.41, 5.74) is -0.556. The highest BCUT2D eigenvalue weighted by Gasteiger charge is 2.31. The lowest BCUT2D eigenvalue weighted by atomic mass is 10.1. The Hall–Kier alpha value is -2.24. The maximum absolute atomic E-state index is 12.6. The van der Waals surface area contributed by atoms with Crippen LogP contribution >= 0.6 is 0 Å². The van der Waals surface area contributed by atoms with Crippen molar-refractivity contribution in [3.63, 3.8) is 0 Å². The van der Waals surface area contributed by atoms with Crippen molar-refractivity contribution in [1.29, 1.82) is 0 Å². The van der Waals surface area contributed by atoms with Crippen LogP contribution in [0.5, 0.6) is 0 Å². The maximum atomic E-state index is 12.6. The zero-order valence-electron chi connectivity index (χ0n) is 9.82. The normalized spacial score (nSPS) is 11.4. The third kappa shape index (κ3) is 2.62. The van der Waals surface area contributed by atoms with Crippen molar-refractivity contribution in [3.05, 3.63) is 47.7 Å². The Labute approximate surface area is 106 Å². The number of ether oxygens (including phenoxy) is 1. The molecule has 2 rings (SSSR count). The molecule has 0 aliphatic rings. The van der Waals surface area contributed by atoms with Crippen molar-refractivity contribution < 1.29 is 27.1 Å². The van der Waals surface area contributed by atoms with Gasteiger partial charge in [0.1, 0.15) is 11.3 Å². The second-order valence-corrected chi connectivity index (χ2v) is 3.73. The Kier molecular flexibility index (Phi) is 3.33. The van der Waals surface area contributed by atoms with Crippen molar-refractivity contribution >= 4 is 5.97 Å². The Morgan fingerprint density at radius 2 is 2.00 bits per heavy atom. The molecule has 0 bridgehead atoms. The topological polar surface area (TPSA) is 39.4 Å². The standard InChI is InChI=1S/C13H9F3O3/c1-18-12(17)10-5-6-19-11(10)8-3-2-4-9(7-8)13(14,15)16/h2-7H,1H3. The number of alkyl halides is 3. The molecule has 0 amide bonds. The molecule has 1 heterocycles. The van der Waals surface area contributed by atoms with Crippen LogP contribution in [0.1, 0.15) is 15.9 Å². The van der Waals surface area contributed by atoms with Crippen LogP contribution in [0.4, 0.5) is 13.2 Å². The minimum absolute atomic E-state index is 0.0537. The van der Waals surface area contributed by atoms with Crippen LogP contribution in [0.15, 0.2) is 41.0 Å². The van der Waals surface area contributed by atoms with E-state index in [0.717, 1.165) is 12.1 Å². The molecule has 100 valence electrons. The SMILES string of the molecule is COC(=O)c1ccoc1-c1cccc(C(F)(F)F)c1. The van der Waals surface area contributed by atoms with Gasteiger partial charge in [-0.1, -0.05) is 12.1 Å². The fourth-order valence-electron chi connectivity index (χ4n) is 1.64. The third-order valence-electron chi connectivity index (χ3n) is 2.52. The molecular formula is C13H9F3O3. The molecule has 2 aromatic rings. The van der Waals surface area contributed by atoms with E-state index in [2.05, 4.69) is 4.74 Å². The average molecular weight is 270 g/mol. The lowest BCUT2D eigenvalue weighted by molar-refractivity contribution is -0.137. The summed E-state index contributed by atoms with van der Waals surface area (Å²) in [6.07, 6.45) is -3.23. The summed E-state index contributed by atoms with van der Waals surface area (Å²) in [4.78, 5) is 11.4. The monoisotopic (exact) mass is 270 g/mol. The molecule has 19 heavy (non-hydrogen) atoms. The summed E-state index contributed by atoms with van der Waals surface area (Å²) in [5.74, 6) is -0.612. The number of methoxy groups -OCH3 is 1. The molecule has 0 saturated heterocycles. The Balaban J connectivity index is 2.49. The van der Waals surface area contributed by atoms with Crippen molar-refractivity contribution in [2.24, 2.45) is 0 Å². The number of rotatable bonds is 2. The number of carbonyl (C=O) groups excluding carboxylic acids is 1. The van der Waals surface area contributed by atoms with E-state index in [0.29, 0.717) is 0 Å². The fraction of sp³-hybridized carbons (Fsp3) is 0.154. The van der Waals surface area contributed by atoms with Crippen LogP contribution in [-0.2, 0) is 10.9 Å². The summed E-state index contributed by atoms with van der Waals surface area (Å²) < 4.78 is 47.4. The number of halogens is 3. The van der Waals surface area contributed by atoms with E-state index < -0.39 is 17.7 Å². The average Bonchev–Trinajstić information content (AvgIpc) is 2.86. The fourth-order valence-corrected chi connectivity index (χ4v) is 1.64. The van der Waals surface area contributed by atoms with Gasteiger partial charge in [0.25, 0.3) is 0 Å². The smallest absolute Gasteiger partial charge is 0.416 e. The van der Waals surface area contributed by atoms with E-state index in [1.54, 1.807) is 0 Å². The number of carbonyl (C=O) groups is 1. The van der Waals surface area contributed by atoms with Gasteiger partial charge < -0.3 is 9.15 Å². The molecule has 0 aliphatic carbocycles. The van der Waals surface area contributed by atoms with Gasteiger partial charge in [-0.2, -0.15) is 13.2 Å². The summed E-state index contributed by atoms with van der Waals surface area (Å²) in [6, 6.07) is 5.90. The molecule has 6 heteroatoms. The Morgan fingerprint density at radius 3 is 2.63 bits per heavy atom. The zero-order chi connectivity index (χ0) is 14.0. The highest BCUT2D eigenvalue weighted by Crippen LogP contribution is 2.33. The number of esters is 1. The van der Waals surface area contributed by atoms with Gasteiger partial charge in [-0.3, -0.25) is 0 Å². The molecule has 1 aromatic carbocycles. The molecule has 0 fully saturated rings. The maximum Gasteiger partial charge on any atom is 0.416 e. The zero-order valence-corrected chi connectivity index (χ0v) is 9.82. The van der Waals surface area contributed by atoms with Crippen molar-refractivity contribution in [2.45, 2.75) is 6.18 Å². The lowest BCUT2D eigenvalue weighted by Gasteiger charge is -2.08. The highest BCUT2D eigenvalue weighted by molar-refractivity contribution is 5.95. The van der Waals surface area contributed by atoms with Crippen molar-refractivity contribution in [3.8, 4) is 11.3 Å². The van der Waals surface area contributed by atoms with E-state index in [1.165, 1.54) is 31.6 Å². The highest BCUT2D eigenvalue weighted by atomic mass is 19.4. The molecule has 0 aliphatic heterocycles. The van der Waals surface area contributed by atoms with E-state index in [4.69, 9.17) is 4.42 Å². The van der Waals surface area contributed by atoms with Crippen LogP contribution in [0, 0.1) is 0 Å². The van der Waals surface area contributed by atoms with Crippen LogP contribution in [0.25, 0.3) is 11.3 Å². The van der Waals surface area contributed by atoms with Gasteiger partial charge in [0.2, 0.25) is 0 Å². The van der Waals surface area contributed by atoms with E-state index >= 15 is 0 Å². The molecule has 0 spiro atoms. The first-order valence-electron chi connectivity index (χ1n) is 5.27. The first-order valence-corrected chi connectivity index (χ1v) is 5.27. The van der Waals surface area contributed by atoms with Gasteiger partial charge in [-0.15, -0.1) is 0 Å². The number of hydrogen-bond acceptors (Lipinski definition) is 3. The Morgan fingerprint density at radius 1 is 1.26 bits per heavy atom. The summed E-state index contributed by atoms with van der Waals surface area (Å²) in [6.45, 7) is 0. The lowest BCUT2D eigenvalue weighted by Crippen LogP contribution is -2.05. The predicted octanol–water partition coefficient (Wildman–Crippen LogP) is 3.75. The van der Waals surface area contributed by atoms with Gasteiger partial charge in [0.15, 0.2) is 0 Å². The van der Waals surface area contributed by atoms with E-state index in [1.807, 2.05) is 0 Å². The van der Waals surface area contributed by atoms with Gasteiger partial charge in [0.05, 0.1) is 18.9 Å². The van der Waals surface area contributed by atoms with Gasteiger partial charge in [-0.05, 0) is 18.2 Å². The second kappa shape index (κ2) is 4.79. The van der Waals surface area contributed by atoms with Gasteiger partial charge >= 0.3 is 12.1 Å². The first kappa shape index (κ1) is 13.2. The van der Waals surface area contributed by atoms with Crippen molar-refractivity contribution in [1.82, 2.24) is 0 Å². The Bertz CT molecular complexity index is 599. The third-order valence-corrected chi connectivity index (χ3v) is 2.52. The van der Waals surface area contributed by atoms with Crippen LogP contribution in [0.3, 0.4) is 0 Å². The minimum atomic E-state index is -4.45. The number of benzene rings is 1. The quantitative estimate of drug-likeness (QED) is 0.780.